The number of fused-ring (bicyclic) bond motifs is 1. The lowest BCUT2D eigenvalue weighted by Crippen LogP contribution is -2.62. The van der Waals surface area contributed by atoms with Gasteiger partial charge in [-0.1, -0.05) is 50.3 Å². The van der Waals surface area contributed by atoms with Gasteiger partial charge in [0.05, 0.1) is 0 Å². The van der Waals surface area contributed by atoms with Gasteiger partial charge >= 0.3 is 0 Å². The number of hydrogen-bond acceptors (Lipinski definition) is 6. The molecule has 0 bridgehead atoms. The Kier molecular flexibility index (Phi) is 4.42. The van der Waals surface area contributed by atoms with E-state index < -0.39 is 0 Å². The molecule has 0 amide bonds. The van der Waals surface area contributed by atoms with Crippen LogP contribution in [0.5, 0.6) is 5.75 Å². The monoisotopic (exact) mass is 384 g/mol. The Bertz CT molecular complexity index is 1010. The number of hydrogen-bond donors (Lipinski definition) is 0. The summed E-state index contributed by atoms with van der Waals surface area (Å²) in [5.74, 6) is 0.902. The van der Waals surface area contributed by atoms with Crippen molar-refractivity contribution in [3.63, 3.8) is 0 Å². The number of nitrogens with zero attached hydrogens (tertiary/aromatic N) is 4. The lowest BCUT2D eigenvalue weighted by atomic mass is 9.64. The Labute approximate surface area is 162 Å². The van der Waals surface area contributed by atoms with E-state index >= 15 is 0 Å². The molecule has 0 unspecified atom stereocenters. The maximum atomic E-state index is 12.3. The van der Waals surface area contributed by atoms with E-state index in [0.29, 0.717) is 4.96 Å². The zero-order chi connectivity index (χ0) is 19.2. The molecule has 1 saturated carbocycles. The van der Waals surface area contributed by atoms with Crippen molar-refractivity contribution in [3.8, 4) is 5.75 Å². The molecule has 4 rings (SSSR count). The van der Waals surface area contributed by atoms with E-state index in [9.17, 15) is 4.79 Å². The van der Waals surface area contributed by atoms with Crippen LogP contribution in [-0.2, 0) is 6.42 Å². The minimum Gasteiger partial charge on any atom is -0.490 e. The van der Waals surface area contributed by atoms with Gasteiger partial charge in [-0.3, -0.25) is 4.79 Å². The molecule has 2 aromatic heterocycles. The summed E-state index contributed by atoms with van der Waals surface area (Å²) in [5.41, 5.74) is 0.652. The van der Waals surface area contributed by atoms with E-state index in [4.69, 9.17) is 4.74 Å². The summed E-state index contributed by atoms with van der Waals surface area (Å²) in [6.07, 6.45) is 1.80. The highest BCUT2D eigenvalue weighted by Gasteiger charge is 2.52. The molecule has 7 heteroatoms. The summed E-state index contributed by atoms with van der Waals surface area (Å²) in [6.45, 7) is 6.44. The second-order valence-corrected chi connectivity index (χ2v) is 8.56. The molecular formula is C20H24N4O2S. The van der Waals surface area contributed by atoms with E-state index in [1.54, 1.807) is 6.07 Å². The van der Waals surface area contributed by atoms with Crippen LogP contribution in [0.25, 0.3) is 4.96 Å². The summed E-state index contributed by atoms with van der Waals surface area (Å²) < 4.78 is 7.58. The van der Waals surface area contributed by atoms with Crippen LogP contribution in [0.3, 0.4) is 0 Å². The van der Waals surface area contributed by atoms with E-state index in [-0.39, 0.29) is 23.1 Å². The van der Waals surface area contributed by atoms with Crippen LogP contribution < -0.4 is 15.2 Å². The fourth-order valence-corrected chi connectivity index (χ4v) is 4.63. The van der Waals surface area contributed by atoms with Crippen molar-refractivity contribution in [2.75, 3.05) is 11.9 Å². The molecule has 0 radical (unpaired) electrons. The van der Waals surface area contributed by atoms with Gasteiger partial charge in [0.15, 0.2) is 0 Å². The zero-order valence-electron chi connectivity index (χ0n) is 16.0. The number of para-hydroxylation sites is 1. The van der Waals surface area contributed by atoms with Gasteiger partial charge in [0.1, 0.15) is 11.9 Å². The maximum Gasteiger partial charge on any atom is 0.275 e. The third kappa shape index (κ3) is 3.10. The molecule has 1 aromatic carbocycles. The molecule has 6 nitrogen and oxygen atoms in total. The molecule has 3 aromatic rings. The summed E-state index contributed by atoms with van der Waals surface area (Å²) in [5, 5.41) is 5.32. The van der Waals surface area contributed by atoms with Gasteiger partial charge in [0, 0.05) is 36.7 Å². The van der Waals surface area contributed by atoms with Crippen molar-refractivity contribution in [2.45, 2.75) is 45.8 Å². The number of benzene rings is 1. The SMILES string of the molecule is CCc1cc(=O)n2nc(N(C)[C@@H]3C[C@@H](Oc4ccccc4)C3(C)C)sc2n1. The van der Waals surface area contributed by atoms with E-state index in [0.717, 1.165) is 29.4 Å². The van der Waals surface area contributed by atoms with Gasteiger partial charge < -0.3 is 9.64 Å². The predicted octanol–water partition coefficient (Wildman–Crippen LogP) is 3.40. The van der Waals surface area contributed by atoms with Crippen LogP contribution >= 0.6 is 11.3 Å². The number of aryl methyl sites for hydroxylation is 1. The second-order valence-electron chi connectivity index (χ2n) is 7.62. The Hall–Kier alpha value is -2.41. The molecule has 142 valence electrons. The summed E-state index contributed by atoms with van der Waals surface area (Å²) >= 11 is 1.46. The fourth-order valence-electron chi connectivity index (χ4n) is 3.69. The lowest BCUT2D eigenvalue weighted by molar-refractivity contribution is -0.0416. The Morgan fingerprint density at radius 3 is 2.74 bits per heavy atom. The van der Waals surface area contributed by atoms with Gasteiger partial charge in [-0.25, -0.2) is 4.98 Å². The first-order valence-electron chi connectivity index (χ1n) is 9.24. The van der Waals surface area contributed by atoms with Gasteiger partial charge in [-0.15, -0.1) is 5.10 Å². The predicted molar refractivity (Wildman–Crippen MR) is 108 cm³/mol. The number of rotatable bonds is 5. The molecule has 0 saturated heterocycles. The topological polar surface area (TPSA) is 59.7 Å². The van der Waals surface area contributed by atoms with Crippen LogP contribution in [0.2, 0.25) is 0 Å². The lowest BCUT2D eigenvalue weighted by Gasteiger charge is -2.54. The van der Waals surface area contributed by atoms with Crippen molar-refractivity contribution in [1.29, 1.82) is 0 Å². The Morgan fingerprint density at radius 2 is 2.07 bits per heavy atom. The van der Waals surface area contributed by atoms with Gasteiger partial charge in [0.2, 0.25) is 10.1 Å². The molecule has 0 aliphatic heterocycles. The molecule has 0 spiro atoms. The second kappa shape index (κ2) is 6.64. The standard InChI is InChI=1S/C20H24N4O2S/c1-5-13-11-17(25)24-18(21-13)27-19(22-24)23(4)15-12-16(20(15,2)3)26-14-9-7-6-8-10-14/h6-11,15-16H,5,12H2,1-4H3/t15-,16-/m1/s1. The largest absolute Gasteiger partial charge is 0.490 e. The molecular weight excluding hydrogens is 360 g/mol. The highest BCUT2D eigenvalue weighted by Crippen LogP contribution is 2.47. The van der Waals surface area contributed by atoms with Gasteiger partial charge in [-0.05, 0) is 18.6 Å². The molecule has 1 aliphatic carbocycles. The number of ether oxygens (including phenoxy) is 1. The average Bonchev–Trinajstić information content (AvgIpc) is 3.10. The highest BCUT2D eigenvalue weighted by molar-refractivity contribution is 7.20. The summed E-state index contributed by atoms with van der Waals surface area (Å²) in [4.78, 5) is 19.6. The first-order chi connectivity index (χ1) is 12.9. The number of anilines is 1. The average molecular weight is 385 g/mol. The van der Waals surface area contributed by atoms with Gasteiger partial charge in [-0.2, -0.15) is 4.52 Å². The molecule has 0 N–H and O–H groups in total. The first kappa shape index (κ1) is 18.0. The minimum atomic E-state index is -0.120. The smallest absolute Gasteiger partial charge is 0.275 e. The van der Waals surface area contributed by atoms with Crippen molar-refractivity contribution in [3.05, 3.63) is 52.4 Å². The minimum absolute atomic E-state index is 0.0323. The Balaban J connectivity index is 1.55. The molecule has 2 atom stereocenters. The maximum absolute atomic E-state index is 12.3. The zero-order valence-corrected chi connectivity index (χ0v) is 16.9. The number of aromatic nitrogens is 3. The van der Waals surface area contributed by atoms with Crippen molar-refractivity contribution in [2.24, 2.45) is 5.41 Å². The summed E-state index contributed by atoms with van der Waals surface area (Å²) in [6, 6.07) is 11.8. The third-order valence-electron chi connectivity index (χ3n) is 5.57. The van der Waals surface area contributed by atoms with Crippen LogP contribution in [0.1, 0.15) is 32.9 Å². The van der Waals surface area contributed by atoms with Gasteiger partial charge in [0.25, 0.3) is 5.56 Å². The van der Waals surface area contributed by atoms with Crippen LogP contribution in [0.4, 0.5) is 5.13 Å². The van der Waals surface area contributed by atoms with E-state index in [1.807, 2.05) is 44.3 Å². The quantitative estimate of drug-likeness (QED) is 0.675. The normalized spacial score (nSPS) is 21.0. The molecule has 1 aliphatic rings. The molecule has 1 fully saturated rings. The summed E-state index contributed by atoms with van der Waals surface area (Å²) in [7, 11) is 2.04. The van der Waals surface area contributed by atoms with E-state index in [1.165, 1.54) is 15.9 Å². The van der Waals surface area contributed by atoms with Crippen LogP contribution in [0, 0.1) is 5.41 Å². The van der Waals surface area contributed by atoms with E-state index in [2.05, 4.69) is 28.8 Å². The van der Waals surface area contributed by atoms with Crippen molar-refractivity contribution >= 4 is 21.4 Å². The molecule has 2 heterocycles. The van der Waals surface area contributed by atoms with Crippen molar-refractivity contribution in [1.82, 2.24) is 14.6 Å². The van der Waals surface area contributed by atoms with Crippen LogP contribution in [0.15, 0.2) is 41.2 Å². The fraction of sp³-hybridized carbons (Fsp3) is 0.450. The molecule has 27 heavy (non-hydrogen) atoms. The highest BCUT2D eigenvalue weighted by atomic mass is 32.1. The third-order valence-corrected chi connectivity index (χ3v) is 6.57. The first-order valence-corrected chi connectivity index (χ1v) is 10.1. The Morgan fingerprint density at radius 1 is 1.33 bits per heavy atom. The van der Waals surface area contributed by atoms with Crippen LogP contribution in [-0.4, -0.2) is 33.8 Å². The van der Waals surface area contributed by atoms with Crippen molar-refractivity contribution < 1.29 is 4.74 Å².